The number of pyridine rings is 1. The van der Waals surface area contributed by atoms with E-state index in [1.807, 2.05) is 19.9 Å². The lowest BCUT2D eigenvalue weighted by molar-refractivity contribution is 0.254. The summed E-state index contributed by atoms with van der Waals surface area (Å²) in [6, 6.07) is 3.32. The van der Waals surface area contributed by atoms with Crippen molar-refractivity contribution < 1.29 is 10.8 Å². The molecule has 2 aromatic rings. The first-order valence-electron chi connectivity index (χ1n) is 11.1. The molecule has 152 valence electrons. The van der Waals surface area contributed by atoms with Gasteiger partial charge in [-0.15, -0.1) is 0 Å². The number of hydrogen-bond acceptors (Lipinski definition) is 5. The molecule has 0 bridgehead atoms. The van der Waals surface area contributed by atoms with Crippen LogP contribution >= 0.6 is 0 Å². The summed E-state index contributed by atoms with van der Waals surface area (Å²) in [5.74, 6) is 2.37. The summed E-state index contributed by atoms with van der Waals surface area (Å²) in [5, 5.41) is 4.43. The van der Waals surface area contributed by atoms with E-state index in [-0.39, 0.29) is 0 Å². The van der Waals surface area contributed by atoms with Gasteiger partial charge in [-0.25, -0.2) is 4.98 Å². The molecule has 28 heavy (non-hydrogen) atoms. The van der Waals surface area contributed by atoms with E-state index < -0.39 is 6.02 Å². The largest absolute Gasteiger partial charge is 0.493 e. The summed E-state index contributed by atoms with van der Waals surface area (Å²) in [5.41, 5.74) is 3.49. The van der Waals surface area contributed by atoms with Crippen LogP contribution in [0.15, 0.2) is 12.1 Å². The van der Waals surface area contributed by atoms with Crippen LogP contribution in [0, 0.1) is 0 Å². The topological polar surface area (TPSA) is 46.6 Å². The maximum absolute atomic E-state index is 8.23. The van der Waals surface area contributed by atoms with E-state index in [4.69, 9.17) is 15.8 Å². The number of nitrogens with one attached hydrogen (secondary N) is 1. The molecule has 0 saturated carbocycles. The lowest BCUT2D eigenvalue weighted by Gasteiger charge is -2.18. The molecule has 0 radical (unpaired) electrons. The SMILES string of the molecule is [2H]C(C)(C)Nc1nc2cc(OCCCN3CCCC3)c(OC)cc2c2c1CCC2. The first-order valence-corrected chi connectivity index (χ1v) is 10.6. The molecule has 1 aromatic carbocycles. The maximum Gasteiger partial charge on any atom is 0.163 e. The summed E-state index contributed by atoms with van der Waals surface area (Å²) >= 11 is 0. The Morgan fingerprint density at radius 3 is 2.68 bits per heavy atom. The van der Waals surface area contributed by atoms with Gasteiger partial charge in [-0.3, -0.25) is 0 Å². The third-order valence-corrected chi connectivity index (χ3v) is 5.79. The second kappa shape index (κ2) is 8.56. The predicted octanol–water partition coefficient (Wildman–Crippen LogP) is 4.42. The van der Waals surface area contributed by atoms with Crippen molar-refractivity contribution in [3.63, 3.8) is 0 Å². The number of fused-ring (bicyclic) bond motifs is 3. The molecule has 0 unspecified atom stereocenters. The summed E-state index contributed by atoms with van der Waals surface area (Å²) in [7, 11) is 1.70. The fourth-order valence-electron chi connectivity index (χ4n) is 4.46. The normalized spacial score (nSPS) is 17.6. The maximum atomic E-state index is 8.23. The Hall–Kier alpha value is -2.01. The zero-order chi connectivity index (χ0) is 20.4. The molecular weight excluding hydrogens is 350 g/mol. The van der Waals surface area contributed by atoms with E-state index in [1.165, 1.54) is 37.1 Å². The van der Waals surface area contributed by atoms with Crippen molar-refractivity contribution in [1.82, 2.24) is 9.88 Å². The van der Waals surface area contributed by atoms with Crippen molar-refractivity contribution in [3.8, 4) is 11.5 Å². The van der Waals surface area contributed by atoms with Gasteiger partial charge in [0.2, 0.25) is 0 Å². The molecule has 1 fully saturated rings. The summed E-state index contributed by atoms with van der Waals surface area (Å²) in [6.07, 6.45) is 6.83. The van der Waals surface area contributed by atoms with Gasteiger partial charge in [0.1, 0.15) is 5.82 Å². The number of anilines is 1. The zero-order valence-corrected chi connectivity index (χ0v) is 17.4. The summed E-state index contributed by atoms with van der Waals surface area (Å²) in [4.78, 5) is 7.39. The second-order valence-electron chi connectivity index (χ2n) is 8.17. The number of aryl methyl sites for hydroxylation is 1. The molecular formula is C23H33N3O2. The Labute approximate surface area is 169 Å². The van der Waals surface area contributed by atoms with Crippen molar-refractivity contribution in [2.75, 3.05) is 38.7 Å². The molecule has 1 aliphatic heterocycles. The predicted molar refractivity (Wildman–Crippen MR) is 115 cm³/mol. The van der Waals surface area contributed by atoms with Gasteiger partial charge in [-0.2, -0.15) is 0 Å². The Morgan fingerprint density at radius 1 is 1.14 bits per heavy atom. The van der Waals surface area contributed by atoms with E-state index in [9.17, 15) is 0 Å². The van der Waals surface area contributed by atoms with Crippen LogP contribution in [-0.4, -0.2) is 49.3 Å². The highest BCUT2D eigenvalue weighted by molar-refractivity contribution is 5.89. The summed E-state index contributed by atoms with van der Waals surface area (Å²) < 4.78 is 20.0. The average molecular weight is 385 g/mol. The number of aromatic nitrogens is 1. The van der Waals surface area contributed by atoms with E-state index in [0.717, 1.165) is 60.4 Å². The minimum absolute atomic E-state index is 0.675. The molecule has 4 rings (SSSR count). The molecule has 2 aliphatic rings. The van der Waals surface area contributed by atoms with Gasteiger partial charge >= 0.3 is 0 Å². The van der Waals surface area contributed by atoms with Crippen LogP contribution in [-0.2, 0) is 12.8 Å². The molecule has 2 heterocycles. The number of likely N-dealkylation sites (tertiary alicyclic amines) is 1. The monoisotopic (exact) mass is 384 g/mol. The third-order valence-electron chi connectivity index (χ3n) is 5.79. The van der Waals surface area contributed by atoms with E-state index in [0.29, 0.717) is 6.61 Å². The Balaban J connectivity index is 1.58. The minimum atomic E-state index is -0.765. The van der Waals surface area contributed by atoms with Gasteiger partial charge in [0.15, 0.2) is 11.5 Å². The highest BCUT2D eigenvalue weighted by Gasteiger charge is 2.22. The molecule has 0 atom stereocenters. The van der Waals surface area contributed by atoms with Gasteiger partial charge in [-0.05, 0) is 82.7 Å². The summed E-state index contributed by atoms with van der Waals surface area (Å²) in [6.45, 7) is 7.90. The smallest absolute Gasteiger partial charge is 0.163 e. The molecule has 5 nitrogen and oxygen atoms in total. The van der Waals surface area contributed by atoms with Gasteiger partial charge in [0, 0.05) is 24.0 Å². The van der Waals surface area contributed by atoms with Gasteiger partial charge in [-0.1, -0.05) is 0 Å². The number of nitrogens with zero attached hydrogens (tertiary/aromatic N) is 2. The Morgan fingerprint density at radius 2 is 1.93 bits per heavy atom. The molecule has 1 N–H and O–H groups in total. The molecule has 1 aliphatic carbocycles. The highest BCUT2D eigenvalue weighted by Crippen LogP contribution is 2.39. The van der Waals surface area contributed by atoms with Crippen molar-refractivity contribution in [1.29, 1.82) is 0 Å². The van der Waals surface area contributed by atoms with Crippen LogP contribution in [0.5, 0.6) is 11.5 Å². The van der Waals surface area contributed by atoms with Gasteiger partial charge in [0.05, 0.1) is 20.6 Å². The molecule has 5 heteroatoms. The van der Waals surface area contributed by atoms with Crippen LogP contribution in [0.3, 0.4) is 0 Å². The lowest BCUT2D eigenvalue weighted by Crippen LogP contribution is -2.21. The van der Waals surface area contributed by atoms with Crippen LogP contribution in [0.4, 0.5) is 5.82 Å². The van der Waals surface area contributed by atoms with Crippen LogP contribution in [0.2, 0.25) is 0 Å². The molecule has 1 aromatic heterocycles. The molecule has 1 saturated heterocycles. The number of rotatable bonds is 8. The molecule has 0 amide bonds. The first-order chi connectivity index (χ1) is 13.9. The zero-order valence-electron chi connectivity index (χ0n) is 18.4. The quantitative estimate of drug-likeness (QED) is 0.683. The third kappa shape index (κ3) is 4.04. The minimum Gasteiger partial charge on any atom is -0.493 e. The second-order valence-corrected chi connectivity index (χ2v) is 8.17. The van der Waals surface area contributed by atoms with Crippen LogP contribution < -0.4 is 14.8 Å². The van der Waals surface area contributed by atoms with E-state index in [2.05, 4.69) is 16.3 Å². The van der Waals surface area contributed by atoms with E-state index >= 15 is 0 Å². The van der Waals surface area contributed by atoms with Crippen molar-refractivity contribution in [2.24, 2.45) is 0 Å². The number of ether oxygens (including phenoxy) is 2. The van der Waals surface area contributed by atoms with Crippen LogP contribution in [0.25, 0.3) is 10.9 Å². The fourth-order valence-corrected chi connectivity index (χ4v) is 4.46. The molecule has 0 spiro atoms. The average Bonchev–Trinajstić information content (AvgIpc) is 3.35. The van der Waals surface area contributed by atoms with Gasteiger partial charge in [0.25, 0.3) is 0 Å². The van der Waals surface area contributed by atoms with E-state index in [1.54, 1.807) is 7.11 Å². The van der Waals surface area contributed by atoms with Crippen molar-refractivity contribution in [2.45, 2.75) is 58.4 Å². The Bertz CT molecular complexity index is 873. The van der Waals surface area contributed by atoms with Crippen molar-refractivity contribution >= 4 is 16.7 Å². The number of benzene rings is 1. The fraction of sp³-hybridized carbons (Fsp3) is 0.609. The number of hydrogen-bond donors (Lipinski definition) is 1. The Kier molecular flexibility index (Phi) is 5.52. The standard InChI is InChI=1S/C23H33N3O2/c1-16(2)24-23-18-9-6-8-17(18)19-14-21(27-3)22(15-20(19)25-23)28-13-7-12-26-10-4-5-11-26/h14-16H,4-13H2,1-3H3,(H,24,25)/i16D. The van der Waals surface area contributed by atoms with Crippen LogP contribution in [0.1, 0.15) is 52.0 Å². The lowest BCUT2D eigenvalue weighted by atomic mass is 10.0. The van der Waals surface area contributed by atoms with Crippen molar-refractivity contribution in [3.05, 3.63) is 23.3 Å². The highest BCUT2D eigenvalue weighted by atomic mass is 16.5. The number of methoxy groups -OCH3 is 1. The van der Waals surface area contributed by atoms with Gasteiger partial charge < -0.3 is 19.7 Å². The first kappa shape index (κ1) is 18.0.